The Morgan fingerprint density at radius 3 is 2.62 bits per heavy atom. The van der Waals surface area contributed by atoms with Gasteiger partial charge in [0, 0.05) is 7.11 Å². The topological polar surface area (TPSA) is 47.3 Å². The van der Waals surface area contributed by atoms with Crippen molar-refractivity contribution >= 4 is 0 Å². The predicted octanol–water partition coefficient (Wildman–Crippen LogP) is 2.46. The number of hydrazine groups is 1. The molecule has 1 saturated carbocycles. The van der Waals surface area contributed by atoms with Crippen LogP contribution in [0.5, 0.6) is 0 Å². The molecule has 0 heterocycles. The fourth-order valence-corrected chi connectivity index (χ4v) is 3.09. The smallest absolute Gasteiger partial charge is 0.0816 e. The predicted molar refractivity (Wildman–Crippen MR) is 67.9 cm³/mol. The van der Waals surface area contributed by atoms with E-state index in [9.17, 15) is 0 Å². The summed E-state index contributed by atoms with van der Waals surface area (Å²) in [6.45, 7) is 6.67. The SMILES string of the molecule is CCC(C)(OC)C(NN)C1CCCC(C)C1. The van der Waals surface area contributed by atoms with Gasteiger partial charge in [-0.2, -0.15) is 0 Å². The summed E-state index contributed by atoms with van der Waals surface area (Å²) in [5.74, 6) is 7.23. The van der Waals surface area contributed by atoms with Crippen molar-refractivity contribution in [3.8, 4) is 0 Å². The summed E-state index contributed by atoms with van der Waals surface area (Å²) in [6.07, 6.45) is 6.23. The van der Waals surface area contributed by atoms with Crippen molar-refractivity contribution in [1.29, 1.82) is 0 Å². The summed E-state index contributed by atoms with van der Waals surface area (Å²) < 4.78 is 5.69. The Balaban J connectivity index is 2.72. The second-order valence-corrected chi connectivity index (χ2v) is 5.55. The first-order chi connectivity index (χ1) is 7.57. The quantitative estimate of drug-likeness (QED) is 0.561. The fourth-order valence-electron chi connectivity index (χ4n) is 3.09. The molecule has 3 nitrogen and oxygen atoms in total. The van der Waals surface area contributed by atoms with Crippen molar-refractivity contribution in [2.75, 3.05) is 7.11 Å². The van der Waals surface area contributed by atoms with E-state index < -0.39 is 0 Å². The second kappa shape index (κ2) is 5.99. The van der Waals surface area contributed by atoms with Crippen molar-refractivity contribution in [2.45, 2.75) is 64.5 Å². The van der Waals surface area contributed by atoms with Crippen molar-refractivity contribution < 1.29 is 4.74 Å². The highest BCUT2D eigenvalue weighted by atomic mass is 16.5. The largest absolute Gasteiger partial charge is 0.377 e. The van der Waals surface area contributed by atoms with E-state index in [-0.39, 0.29) is 11.6 Å². The summed E-state index contributed by atoms with van der Waals surface area (Å²) in [7, 11) is 1.79. The van der Waals surface area contributed by atoms with Gasteiger partial charge >= 0.3 is 0 Å². The summed E-state index contributed by atoms with van der Waals surface area (Å²) in [5.41, 5.74) is 2.87. The number of hydrogen-bond acceptors (Lipinski definition) is 3. The lowest BCUT2D eigenvalue weighted by Gasteiger charge is -2.42. The van der Waals surface area contributed by atoms with E-state index in [0.717, 1.165) is 12.3 Å². The first kappa shape index (κ1) is 13.9. The highest BCUT2D eigenvalue weighted by Gasteiger charge is 2.38. The minimum atomic E-state index is -0.142. The fraction of sp³-hybridized carbons (Fsp3) is 1.00. The molecule has 0 aromatic heterocycles. The molecule has 4 unspecified atom stereocenters. The molecule has 96 valence electrons. The molecule has 0 spiro atoms. The van der Waals surface area contributed by atoms with Crippen LogP contribution in [0.1, 0.15) is 52.9 Å². The van der Waals surface area contributed by atoms with E-state index in [1.165, 1.54) is 25.7 Å². The van der Waals surface area contributed by atoms with Gasteiger partial charge in [-0.15, -0.1) is 0 Å². The summed E-state index contributed by atoms with van der Waals surface area (Å²) in [5, 5.41) is 0. The monoisotopic (exact) mass is 228 g/mol. The lowest BCUT2D eigenvalue weighted by molar-refractivity contribution is -0.0525. The maximum atomic E-state index is 5.76. The molecule has 1 aliphatic carbocycles. The molecule has 0 saturated heterocycles. The highest BCUT2D eigenvalue weighted by Crippen LogP contribution is 2.36. The third kappa shape index (κ3) is 2.96. The van der Waals surface area contributed by atoms with Gasteiger partial charge in [-0.1, -0.05) is 26.7 Å². The molecule has 3 N–H and O–H groups in total. The zero-order chi connectivity index (χ0) is 12.2. The maximum Gasteiger partial charge on any atom is 0.0816 e. The molecule has 0 amide bonds. The van der Waals surface area contributed by atoms with Crippen molar-refractivity contribution in [3.63, 3.8) is 0 Å². The molecule has 1 rings (SSSR count). The molecular formula is C13H28N2O. The highest BCUT2D eigenvalue weighted by molar-refractivity contribution is 4.93. The van der Waals surface area contributed by atoms with Crippen LogP contribution in [0.4, 0.5) is 0 Å². The number of rotatable bonds is 5. The van der Waals surface area contributed by atoms with Gasteiger partial charge in [0.15, 0.2) is 0 Å². The van der Waals surface area contributed by atoms with E-state index in [1.807, 2.05) is 0 Å². The Hall–Kier alpha value is -0.120. The molecule has 4 atom stereocenters. The normalized spacial score (nSPS) is 32.1. The Kier molecular flexibility index (Phi) is 5.22. The van der Waals surface area contributed by atoms with Crippen LogP contribution in [0.15, 0.2) is 0 Å². The Bertz CT molecular complexity index is 204. The van der Waals surface area contributed by atoms with Crippen LogP contribution in [-0.2, 0) is 4.74 Å². The Morgan fingerprint density at radius 1 is 1.50 bits per heavy atom. The standard InChI is InChI=1S/C13H28N2O/c1-5-13(3,16-4)12(15-14)11-8-6-7-10(2)9-11/h10-12,15H,5-9,14H2,1-4H3. The molecule has 0 aromatic rings. The van der Waals surface area contributed by atoms with Gasteiger partial charge in [0.05, 0.1) is 11.6 Å². The van der Waals surface area contributed by atoms with Gasteiger partial charge in [-0.25, -0.2) is 0 Å². The number of nitrogens with two attached hydrogens (primary N) is 1. The van der Waals surface area contributed by atoms with Crippen LogP contribution in [-0.4, -0.2) is 18.8 Å². The average Bonchev–Trinajstić information content (AvgIpc) is 2.30. The van der Waals surface area contributed by atoms with Gasteiger partial charge in [-0.3, -0.25) is 11.3 Å². The zero-order valence-corrected chi connectivity index (χ0v) is 11.3. The van der Waals surface area contributed by atoms with E-state index in [2.05, 4.69) is 26.2 Å². The second-order valence-electron chi connectivity index (χ2n) is 5.55. The van der Waals surface area contributed by atoms with Crippen LogP contribution >= 0.6 is 0 Å². The van der Waals surface area contributed by atoms with Crippen LogP contribution in [0.2, 0.25) is 0 Å². The molecule has 1 fully saturated rings. The summed E-state index contributed by atoms with van der Waals surface area (Å²) in [6, 6.07) is 0.269. The van der Waals surface area contributed by atoms with Gasteiger partial charge in [0.2, 0.25) is 0 Å². The molecule has 16 heavy (non-hydrogen) atoms. The van der Waals surface area contributed by atoms with Crippen LogP contribution < -0.4 is 11.3 Å². The minimum Gasteiger partial charge on any atom is -0.377 e. The van der Waals surface area contributed by atoms with Crippen LogP contribution in [0.3, 0.4) is 0 Å². The number of ether oxygens (including phenoxy) is 1. The summed E-state index contributed by atoms with van der Waals surface area (Å²) in [4.78, 5) is 0. The number of nitrogens with one attached hydrogen (secondary N) is 1. The lowest BCUT2D eigenvalue weighted by atomic mass is 9.73. The molecule has 3 heteroatoms. The van der Waals surface area contributed by atoms with E-state index in [4.69, 9.17) is 10.6 Å². The van der Waals surface area contributed by atoms with Crippen molar-refractivity contribution in [2.24, 2.45) is 17.7 Å². The number of hydrogen-bond donors (Lipinski definition) is 2. The van der Waals surface area contributed by atoms with E-state index >= 15 is 0 Å². The van der Waals surface area contributed by atoms with Crippen molar-refractivity contribution in [3.05, 3.63) is 0 Å². The molecule has 0 radical (unpaired) electrons. The Morgan fingerprint density at radius 2 is 2.19 bits per heavy atom. The first-order valence-corrected chi connectivity index (χ1v) is 6.58. The third-order valence-electron chi connectivity index (χ3n) is 4.45. The van der Waals surface area contributed by atoms with Crippen molar-refractivity contribution in [1.82, 2.24) is 5.43 Å². The summed E-state index contributed by atoms with van der Waals surface area (Å²) >= 11 is 0. The van der Waals surface area contributed by atoms with Gasteiger partial charge in [0.1, 0.15) is 0 Å². The molecule has 0 aromatic carbocycles. The van der Waals surface area contributed by atoms with Crippen LogP contribution in [0.25, 0.3) is 0 Å². The van der Waals surface area contributed by atoms with Gasteiger partial charge in [0.25, 0.3) is 0 Å². The van der Waals surface area contributed by atoms with Gasteiger partial charge < -0.3 is 4.74 Å². The Labute approximate surface area is 100 Å². The maximum absolute atomic E-state index is 5.76. The molecule has 0 bridgehead atoms. The minimum absolute atomic E-state index is 0.142. The van der Waals surface area contributed by atoms with E-state index in [0.29, 0.717) is 5.92 Å². The molecule has 0 aliphatic heterocycles. The zero-order valence-electron chi connectivity index (χ0n) is 11.3. The van der Waals surface area contributed by atoms with E-state index in [1.54, 1.807) is 7.11 Å². The lowest BCUT2D eigenvalue weighted by Crippen LogP contribution is -2.57. The van der Waals surface area contributed by atoms with Crippen LogP contribution in [0, 0.1) is 11.8 Å². The average molecular weight is 228 g/mol. The molecular weight excluding hydrogens is 200 g/mol. The third-order valence-corrected chi connectivity index (χ3v) is 4.45. The molecule has 1 aliphatic rings. The van der Waals surface area contributed by atoms with Gasteiger partial charge in [-0.05, 0) is 38.0 Å². The number of methoxy groups -OCH3 is 1. The first-order valence-electron chi connectivity index (χ1n) is 6.58.